The monoisotopic (exact) mass is 260 g/mol. The lowest BCUT2D eigenvalue weighted by atomic mass is 10.0. The minimum Gasteiger partial charge on any atom is -0.392 e. The first kappa shape index (κ1) is 11.3. The third-order valence-corrected chi connectivity index (χ3v) is 2.27. The van der Waals surface area contributed by atoms with Crippen LogP contribution in [0.15, 0.2) is 18.2 Å². The van der Waals surface area contributed by atoms with Gasteiger partial charge in [0, 0.05) is 11.8 Å². The maximum atomic E-state index is 13.3. The molecule has 0 aliphatic carbocycles. The van der Waals surface area contributed by atoms with Crippen LogP contribution < -0.4 is 0 Å². The molecule has 0 heterocycles. The molecular weight excluding hydrogens is 251 g/mol. The Morgan fingerprint density at radius 1 is 1.50 bits per heavy atom. The van der Waals surface area contributed by atoms with Gasteiger partial charge in [0.25, 0.3) is 0 Å². The molecule has 0 atom stereocenters. The second-order valence-electron chi connectivity index (χ2n) is 2.79. The molecule has 1 aromatic rings. The molecule has 4 heteroatoms. The number of hydrogen-bond donors (Lipinski definition) is 1. The molecule has 0 spiro atoms. The third kappa shape index (κ3) is 2.39. The molecule has 0 unspecified atom stereocenters. The van der Waals surface area contributed by atoms with Gasteiger partial charge in [0.2, 0.25) is 0 Å². The number of benzene rings is 1. The van der Waals surface area contributed by atoms with Crippen LogP contribution in [0.5, 0.6) is 0 Å². The van der Waals surface area contributed by atoms with Crippen LogP contribution in [0, 0.1) is 5.82 Å². The second-order valence-corrected chi connectivity index (χ2v) is 3.59. The van der Waals surface area contributed by atoms with Crippen molar-refractivity contribution in [2.75, 3.05) is 5.33 Å². The number of halogens is 2. The highest BCUT2D eigenvalue weighted by Gasteiger charge is 2.14. The Hall–Kier alpha value is -0.740. The van der Waals surface area contributed by atoms with Gasteiger partial charge in [0.1, 0.15) is 5.82 Å². The van der Waals surface area contributed by atoms with E-state index in [4.69, 9.17) is 5.11 Å². The number of aliphatic hydroxyl groups is 1. The van der Waals surface area contributed by atoms with Gasteiger partial charge in [-0.15, -0.1) is 0 Å². The second kappa shape index (κ2) is 5.22. The van der Waals surface area contributed by atoms with E-state index >= 15 is 0 Å². The lowest BCUT2D eigenvalue weighted by Gasteiger charge is -2.06. The number of aliphatic hydroxyl groups excluding tert-OH is 1. The standard InChI is InChI=1S/C10H10BrFO2/c11-5-4-9(14)10-7(6-13)2-1-3-8(10)12/h1-3,13H,4-6H2. The number of ketones is 1. The molecule has 76 valence electrons. The maximum Gasteiger partial charge on any atom is 0.167 e. The molecule has 2 nitrogen and oxygen atoms in total. The molecule has 0 saturated carbocycles. The minimum atomic E-state index is -0.567. The Morgan fingerprint density at radius 2 is 2.21 bits per heavy atom. The van der Waals surface area contributed by atoms with Gasteiger partial charge in [-0.3, -0.25) is 4.79 Å². The first-order chi connectivity index (χ1) is 6.70. The summed E-state index contributed by atoms with van der Waals surface area (Å²) >= 11 is 3.11. The van der Waals surface area contributed by atoms with Crippen LogP contribution in [-0.2, 0) is 6.61 Å². The van der Waals surface area contributed by atoms with Crippen LogP contribution in [0.25, 0.3) is 0 Å². The van der Waals surface area contributed by atoms with Crippen molar-refractivity contribution in [3.05, 3.63) is 35.1 Å². The van der Waals surface area contributed by atoms with Crippen LogP contribution >= 0.6 is 15.9 Å². The number of carbonyl (C=O) groups is 1. The first-order valence-electron chi connectivity index (χ1n) is 4.18. The molecular formula is C10H10BrFO2. The van der Waals surface area contributed by atoms with Gasteiger partial charge in [0.15, 0.2) is 5.78 Å². The molecule has 14 heavy (non-hydrogen) atoms. The van der Waals surface area contributed by atoms with E-state index in [1.165, 1.54) is 12.1 Å². The fourth-order valence-electron chi connectivity index (χ4n) is 1.22. The molecule has 0 aliphatic rings. The van der Waals surface area contributed by atoms with Gasteiger partial charge in [0.05, 0.1) is 12.2 Å². The van der Waals surface area contributed by atoms with Gasteiger partial charge in [-0.25, -0.2) is 4.39 Å². The minimum absolute atomic E-state index is 0.00875. The zero-order chi connectivity index (χ0) is 10.6. The molecule has 0 radical (unpaired) electrons. The van der Waals surface area contributed by atoms with E-state index in [-0.39, 0.29) is 24.4 Å². The fraction of sp³-hybridized carbons (Fsp3) is 0.300. The fourth-order valence-corrected chi connectivity index (χ4v) is 1.58. The van der Waals surface area contributed by atoms with E-state index in [9.17, 15) is 9.18 Å². The summed E-state index contributed by atoms with van der Waals surface area (Å²) in [6.07, 6.45) is 0.230. The molecule has 0 amide bonds. The number of rotatable bonds is 4. The molecule has 0 aliphatic heterocycles. The van der Waals surface area contributed by atoms with Gasteiger partial charge < -0.3 is 5.11 Å². The van der Waals surface area contributed by atoms with Gasteiger partial charge in [-0.05, 0) is 11.6 Å². The Morgan fingerprint density at radius 3 is 2.79 bits per heavy atom. The van der Waals surface area contributed by atoms with E-state index in [0.29, 0.717) is 10.9 Å². The molecule has 1 rings (SSSR count). The van der Waals surface area contributed by atoms with Crippen molar-refractivity contribution in [3.63, 3.8) is 0 Å². The average molecular weight is 261 g/mol. The normalized spacial score (nSPS) is 10.2. The van der Waals surface area contributed by atoms with Crippen molar-refractivity contribution in [1.82, 2.24) is 0 Å². The molecule has 0 aromatic heterocycles. The molecule has 1 N–H and O–H groups in total. The average Bonchev–Trinajstić information content (AvgIpc) is 2.17. The van der Waals surface area contributed by atoms with E-state index in [1.807, 2.05) is 0 Å². The summed E-state index contributed by atoms with van der Waals surface area (Å²) in [6.45, 7) is -0.318. The zero-order valence-electron chi connectivity index (χ0n) is 7.46. The van der Waals surface area contributed by atoms with Crippen LogP contribution in [0.4, 0.5) is 4.39 Å². The van der Waals surface area contributed by atoms with Crippen molar-refractivity contribution >= 4 is 21.7 Å². The van der Waals surface area contributed by atoms with Gasteiger partial charge in [-0.1, -0.05) is 28.1 Å². The van der Waals surface area contributed by atoms with E-state index < -0.39 is 5.82 Å². The highest BCUT2D eigenvalue weighted by Crippen LogP contribution is 2.16. The highest BCUT2D eigenvalue weighted by atomic mass is 79.9. The summed E-state index contributed by atoms with van der Waals surface area (Å²) in [5, 5.41) is 9.42. The predicted molar refractivity (Wildman–Crippen MR) is 55.1 cm³/mol. The Balaban J connectivity index is 3.10. The number of carbonyl (C=O) groups excluding carboxylic acids is 1. The van der Waals surface area contributed by atoms with E-state index in [1.54, 1.807) is 6.07 Å². The Labute approximate surface area is 89.9 Å². The van der Waals surface area contributed by atoms with Crippen LogP contribution in [0.1, 0.15) is 22.3 Å². The van der Waals surface area contributed by atoms with Crippen molar-refractivity contribution in [3.8, 4) is 0 Å². The summed E-state index contributed by atoms with van der Waals surface area (Å²) in [5.41, 5.74) is 0.352. The van der Waals surface area contributed by atoms with Crippen molar-refractivity contribution in [1.29, 1.82) is 0 Å². The van der Waals surface area contributed by atoms with Crippen LogP contribution in [0.3, 0.4) is 0 Å². The number of Topliss-reactive ketones (excluding diaryl/α,β-unsaturated/α-hetero) is 1. The van der Waals surface area contributed by atoms with Gasteiger partial charge >= 0.3 is 0 Å². The molecule has 0 bridgehead atoms. The number of alkyl halides is 1. The first-order valence-corrected chi connectivity index (χ1v) is 5.30. The van der Waals surface area contributed by atoms with Crippen LogP contribution in [-0.4, -0.2) is 16.2 Å². The maximum absolute atomic E-state index is 13.3. The zero-order valence-corrected chi connectivity index (χ0v) is 9.05. The lowest BCUT2D eigenvalue weighted by molar-refractivity contribution is 0.0982. The molecule has 0 fully saturated rings. The van der Waals surface area contributed by atoms with Crippen LogP contribution in [0.2, 0.25) is 0 Å². The van der Waals surface area contributed by atoms with Crippen molar-refractivity contribution in [2.24, 2.45) is 0 Å². The smallest absolute Gasteiger partial charge is 0.167 e. The topological polar surface area (TPSA) is 37.3 Å². The quantitative estimate of drug-likeness (QED) is 0.667. The van der Waals surface area contributed by atoms with E-state index in [2.05, 4.69) is 15.9 Å². The van der Waals surface area contributed by atoms with E-state index in [0.717, 1.165) is 0 Å². The number of hydrogen-bond acceptors (Lipinski definition) is 2. The summed E-state index contributed by atoms with van der Waals surface area (Å²) < 4.78 is 13.3. The predicted octanol–water partition coefficient (Wildman–Crippen LogP) is 2.29. The summed E-state index contributed by atoms with van der Waals surface area (Å²) in [7, 11) is 0. The summed E-state index contributed by atoms with van der Waals surface area (Å²) in [4.78, 5) is 11.5. The van der Waals surface area contributed by atoms with Crippen molar-refractivity contribution in [2.45, 2.75) is 13.0 Å². The van der Waals surface area contributed by atoms with Crippen molar-refractivity contribution < 1.29 is 14.3 Å². The SMILES string of the molecule is O=C(CCBr)c1c(F)cccc1CO. The molecule has 0 saturated heterocycles. The summed E-state index contributed by atoms with van der Waals surface area (Å²) in [6, 6.07) is 4.25. The Bertz CT molecular complexity index is 339. The molecule has 1 aromatic carbocycles. The Kier molecular flexibility index (Phi) is 4.22. The third-order valence-electron chi connectivity index (χ3n) is 1.87. The largest absolute Gasteiger partial charge is 0.392 e. The highest BCUT2D eigenvalue weighted by molar-refractivity contribution is 9.09. The summed E-state index contributed by atoms with van der Waals surface area (Å²) in [5.74, 6) is -0.855. The van der Waals surface area contributed by atoms with Gasteiger partial charge in [-0.2, -0.15) is 0 Å². The lowest BCUT2D eigenvalue weighted by Crippen LogP contribution is -2.07.